The summed E-state index contributed by atoms with van der Waals surface area (Å²) >= 11 is 0. The molecule has 2 atom stereocenters. The molecule has 1 aliphatic rings. The molecular formula is C27H38FO2P. The van der Waals surface area contributed by atoms with Gasteiger partial charge in [0, 0.05) is 28.2 Å². The SMILES string of the molecule is Cc1cc2c(c(C(C)(C)C)c1)OP(F)Oc1c(cc(C(C)(C)C)cc1C(C)(C)C)C2C. The number of hydrogen-bond acceptors (Lipinski definition) is 2. The molecule has 0 aromatic heterocycles. The van der Waals surface area contributed by atoms with Gasteiger partial charge in [-0.05, 0) is 28.7 Å². The van der Waals surface area contributed by atoms with E-state index in [1.807, 2.05) is 0 Å². The Kier molecular flexibility index (Phi) is 6.02. The zero-order valence-corrected chi connectivity index (χ0v) is 21.9. The van der Waals surface area contributed by atoms with Crippen LogP contribution in [0.1, 0.15) is 109 Å². The van der Waals surface area contributed by atoms with Crippen molar-refractivity contribution in [3.05, 3.63) is 57.6 Å². The number of hydrogen-bond donors (Lipinski definition) is 0. The lowest BCUT2D eigenvalue weighted by Crippen LogP contribution is -2.21. The molecular weight excluding hydrogens is 406 g/mol. The van der Waals surface area contributed by atoms with Crippen molar-refractivity contribution in [1.29, 1.82) is 0 Å². The highest BCUT2D eigenvalue weighted by molar-refractivity contribution is 7.42. The predicted octanol–water partition coefficient (Wildman–Crippen LogP) is 9.01. The van der Waals surface area contributed by atoms with Crippen molar-refractivity contribution in [3.63, 3.8) is 0 Å². The first-order valence-corrected chi connectivity index (χ1v) is 12.2. The summed E-state index contributed by atoms with van der Waals surface area (Å²) in [7, 11) is -2.60. The van der Waals surface area contributed by atoms with Crippen molar-refractivity contribution in [2.75, 3.05) is 0 Å². The molecule has 0 aliphatic carbocycles. The van der Waals surface area contributed by atoms with Gasteiger partial charge in [-0.15, -0.1) is 4.20 Å². The fourth-order valence-corrected chi connectivity index (χ4v) is 4.91. The Balaban J connectivity index is 2.39. The van der Waals surface area contributed by atoms with Crippen LogP contribution in [-0.4, -0.2) is 0 Å². The van der Waals surface area contributed by atoms with E-state index >= 15 is 4.20 Å². The van der Waals surface area contributed by atoms with Crippen LogP contribution in [0.15, 0.2) is 24.3 Å². The van der Waals surface area contributed by atoms with E-state index in [2.05, 4.69) is 100 Å². The number of fused-ring (bicyclic) bond motifs is 2. The normalized spacial score (nSPS) is 19.5. The maximum absolute atomic E-state index is 15.3. The highest BCUT2D eigenvalue weighted by atomic mass is 31.2. The quantitative estimate of drug-likeness (QED) is 0.377. The number of aryl methyl sites for hydroxylation is 1. The largest absolute Gasteiger partial charge is 0.505 e. The van der Waals surface area contributed by atoms with Crippen molar-refractivity contribution < 1.29 is 13.2 Å². The van der Waals surface area contributed by atoms with Crippen LogP contribution in [0.2, 0.25) is 0 Å². The van der Waals surface area contributed by atoms with Crippen LogP contribution in [0.5, 0.6) is 11.5 Å². The number of halogens is 1. The smallest absolute Gasteiger partial charge is 0.414 e. The molecule has 1 aliphatic heterocycles. The molecule has 2 aromatic carbocycles. The van der Waals surface area contributed by atoms with E-state index in [4.69, 9.17) is 9.05 Å². The van der Waals surface area contributed by atoms with E-state index in [9.17, 15) is 0 Å². The maximum Gasteiger partial charge on any atom is 0.505 e. The molecule has 170 valence electrons. The zero-order chi connectivity index (χ0) is 23.5. The summed E-state index contributed by atoms with van der Waals surface area (Å²) in [5, 5.41) is 0. The van der Waals surface area contributed by atoms with Gasteiger partial charge in [-0.1, -0.05) is 99.1 Å². The van der Waals surface area contributed by atoms with Gasteiger partial charge < -0.3 is 9.05 Å². The molecule has 4 heteroatoms. The standard InChI is InChI=1S/C27H38FO2P/c1-16-12-19-17(2)20-14-18(25(3,4)5)15-22(27(9,10)11)24(20)30-31(28)29-23(19)21(13-16)26(6,7)8/h12-15,17H,1-11H3. The topological polar surface area (TPSA) is 18.5 Å². The molecule has 0 bridgehead atoms. The van der Waals surface area contributed by atoms with Crippen molar-refractivity contribution in [2.45, 2.75) is 98.3 Å². The molecule has 0 fully saturated rings. The van der Waals surface area contributed by atoms with Gasteiger partial charge in [0.05, 0.1) is 0 Å². The minimum atomic E-state index is -2.60. The molecule has 0 N–H and O–H groups in total. The second-order valence-electron chi connectivity index (χ2n) is 12.0. The molecule has 0 radical (unpaired) electrons. The summed E-state index contributed by atoms with van der Waals surface area (Å²) in [5.74, 6) is 1.30. The molecule has 3 rings (SSSR count). The molecule has 2 aromatic rings. The van der Waals surface area contributed by atoms with Crippen molar-refractivity contribution in [2.24, 2.45) is 0 Å². The monoisotopic (exact) mass is 444 g/mol. The van der Waals surface area contributed by atoms with Gasteiger partial charge >= 0.3 is 8.69 Å². The van der Waals surface area contributed by atoms with Crippen LogP contribution in [0.4, 0.5) is 4.20 Å². The van der Waals surface area contributed by atoms with Gasteiger partial charge in [0.1, 0.15) is 11.5 Å². The van der Waals surface area contributed by atoms with E-state index in [1.165, 1.54) is 5.56 Å². The molecule has 1 heterocycles. The Bertz CT molecular complexity index is 990. The first-order chi connectivity index (χ1) is 14.0. The van der Waals surface area contributed by atoms with Crippen LogP contribution in [0.25, 0.3) is 0 Å². The van der Waals surface area contributed by atoms with E-state index in [-0.39, 0.29) is 22.2 Å². The third-order valence-electron chi connectivity index (χ3n) is 6.12. The highest BCUT2D eigenvalue weighted by Crippen LogP contribution is 2.55. The summed E-state index contributed by atoms with van der Waals surface area (Å²) in [6.45, 7) is 23.8. The fraction of sp³-hybridized carbons (Fsp3) is 0.556. The molecule has 0 saturated carbocycles. The summed E-state index contributed by atoms with van der Waals surface area (Å²) in [6, 6.07) is 8.66. The Labute approximate surface area is 189 Å². The summed E-state index contributed by atoms with van der Waals surface area (Å²) in [4.78, 5) is 0. The lowest BCUT2D eigenvalue weighted by Gasteiger charge is -2.34. The minimum Gasteiger partial charge on any atom is -0.414 e. The fourth-order valence-electron chi connectivity index (χ4n) is 4.18. The molecule has 0 saturated heterocycles. The number of benzene rings is 2. The zero-order valence-electron chi connectivity index (χ0n) is 21.0. The van der Waals surface area contributed by atoms with E-state index < -0.39 is 8.69 Å². The first-order valence-electron chi connectivity index (χ1n) is 11.2. The van der Waals surface area contributed by atoms with Crippen LogP contribution in [0, 0.1) is 6.92 Å². The van der Waals surface area contributed by atoms with Crippen LogP contribution in [-0.2, 0) is 16.2 Å². The Morgan fingerprint density at radius 1 is 0.710 bits per heavy atom. The van der Waals surface area contributed by atoms with Crippen molar-refractivity contribution in [1.82, 2.24) is 0 Å². The molecule has 0 amide bonds. The molecule has 31 heavy (non-hydrogen) atoms. The van der Waals surface area contributed by atoms with Crippen LogP contribution in [0.3, 0.4) is 0 Å². The Morgan fingerprint density at radius 3 is 1.61 bits per heavy atom. The average molecular weight is 445 g/mol. The molecule has 0 spiro atoms. The van der Waals surface area contributed by atoms with Gasteiger partial charge in [-0.2, -0.15) is 0 Å². The third kappa shape index (κ3) is 4.77. The second-order valence-corrected chi connectivity index (χ2v) is 12.8. The van der Waals surface area contributed by atoms with Crippen molar-refractivity contribution in [3.8, 4) is 11.5 Å². The van der Waals surface area contributed by atoms with Gasteiger partial charge in [0.2, 0.25) is 0 Å². The Hall–Kier alpha value is -1.60. The average Bonchev–Trinajstić information content (AvgIpc) is 2.58. The van der Waals surface area contributed by atoms with E-state index in [0.29, 0.717) is 11.5 Å². The van der Waals surface area contributed by atoms with Crippen LogP contribution < -0.4 is 9.05 Å². The lowest BCUT2D eigenvalue weighted by molar-refractivity contribution is 0.406. The second kappa shape index (κ2) is 7.77. The van der Waals surface area contributed by atoms with Gasteiger partial charge in [-0.25, -0.2) is 0 Å². The van der Waals surface area contributed by atoms with Gasteiger partial charge in [0.25, 0.3) is 0 Å². The third-order valence-corrected chi connectivity index (χ3v) is 6.77. The van der Waals surface area contributed by atoms with E-state index in [1.54, 1.807) is 0 Å². The first kappa shape index (κ1) is 24.1. The van der Waals surface area contributed by atoms with Gasteiger partial charge in [0.15, 0.2) is 0 Å². The summed E-state index contributed by atoms with van der Waals surface area (Å²) in [5.41, 5.74) is 6.14. The van der Waals surface area contributed by atoms with Gasteiger partial charge in [-0.3, -0.25) is 0 Å². The van der Waals surface area contributed by atoms with Crippen molar-refractivity contribution >= 4 is 8.69 Å². The van der Waals surface area contributed by atoms with Crippen LogP contribution >= 0.6 is 8.69 Å². The molecule has 2 nitrogen and oxygen atoms in total. The minimum absolute atomic E-state index is 0.0121. The summed E-state index contributed by atoms with van der Waals surface area (Å²) < 4.78 is 27.2. The highest BCUT2D eigenvalue weighted by Gasteiger charge is 2.36. The Morgan fingerprint density at radius 2 is 1.16 bits per heavy atom. The number of rotatable bonds is 0. The lowest BCUT2D eigenvalue weighted by atomic mass is 9.76. The summed E-state index contributed by atoms with van der Waals surface area (Å²) in [6.07, 6.45) is 0. The maximum atomic E-state index is 15.3. The predicted molar refractivity (Wildman–Crippen MR) is 131 cm³/mol. The molecule has 2 unspecified atom stereocenters. The van der Waals surface area contributed by atoms with E-state index in [0.717, 1.165) is 27.8 Å².